The molecule has 0 aromatic carbocycles. The molecule has 0 aromatic heterocycles. The van der Waals surface area contributed by atoms with Crippen LogP contribution in [0.25, 0.3) is 0 Å². The SMILES string of the molecule is C=C(CC(N)CCCNC(=O)CC(N)CCCN)NCCCC(N)CC(=O)NC1C(C=C2NC3C(=O)NCC(O)C3N2)OC(C)C(O)C1O. The quantitative estimate of drug-likeness (QED) is 0.0539. The normalized spacial score (nSPS) is 30.6. The summed E-state index contributed by atoms with van der Waals surface area (Å²) in [5.74, 6) is -0.318. The number of β-amino-alcohol motifs (C(OH)–C–C–N with tert-alkyl or cyclic N) is 1. The third-order valence-corrected chi connectivity index (χ3v) is 9.14. The Morgan fingerprint density at radius 1 is 0.939 bits per heavy atom. The zero-order chi connectivity index (χ0) is 36.1. The number of hydrogen-bond donors (Lipinski definition) is 13. The van der Waals surface area contributed by atoms with E-state index in [-0.39, 0.29) is 43.3 Å². The zero-order valence-electron chi connectivity index (χ0n) is 28.6. The molecule has 3 aliphatic heterocycles. The average molecular weight is 697 g/mol. The number of amides is 3. The fraction of sp³-hybridized carbons (Fsp3) is 0.781. The van der Waals surface area contributed by atoms with E-state index in [9.17, 15) is 29.7 Å². The predicted octanol–water partition coefficient (Wildman–Crippen LogP) is -4.09. The average Bonchev–Trinajstić information content (AvgIpc) is 3.48. The van der Waals surface area contributed by atoms with Crippen LogP contribution >= 0.6 is 0 Å². The largest absolute Gasteiger partial charge is 0.389 e. The lowest BCUT2D eigenvalue weighted by Crippen LogP contribution is -2.62. The zero-order valence-corrected chi connectivity index (χ0v) is 28.6. The maximum absolute atomic E-state index is 13.0. The van der Waals surface area contributed by atoms with Crippen molar-refractivity contribution >= 4 is 17.7 Å². The van der Waals surface area contributed by atoms with E-state index in [1.54, 1.807) is 13.0 Å². The lowest BCUT2D eigenvalue weighted by molar-refractivity contribution is -0.168. The molecule has 0 radical (unpaired) electrons. The van der Waals surface area contributed by atoms with E-state index in [0.717, 1.165) is 31.4 Å². The highest BCUT2D eigenvalue weighted by Crippen LogP contribution is 2.24. The molecule has 11 atom stereocenters. The summed E-state index contributed by atoms with van der Waals surface area (Å²) in [7, 11) is 0. The third-order valence-electron chi connectivity index (χ3n) is 9.14. The fourth-order valence-corrected chi connectivity index (χ4v) is 6.31. The number of carbonyl (C=O) groups excluding carboxylic acids is 3. The number of ether oxygens (including phenoxy) is 1. The van der Waals surface area contributed by atoms with E-state index in [4.69, 9.17) is 27.7 Å². The van der Waals surface area contributed by atoms with Gasteiger partial charge in [-0.25, -0.2) is 0 Å². The van der Waals surface area contributed by atoms with Crippen molar-refractivity contribution in [1.29, 1.82) is 0 Å². The molecule has 17 N–H and O–H groups in total. The minimum Gasteiger partial charge on any atom is -0.389 e. The van der Waals surface area contributed by atoms with Crippen molar-refractivity contribution in [2.24, 2.45) is 22.9 Å². The molecule has 3 rings (SSSR count). The molecule has 11 unspecified atom stereocenters. The maximum Gasteiger partial charge on any atom is 0.244 e. The molecule has 3 heterocycles. The Morgan fingerprint density at radius 2 is 1.55 bits per heavy atom. The van der Waals surface area contributed by atoms with Gasteiger partial charge in [-0.05, 0) is 58.1 Å². The Labute approximate surface area is 288 Å². The van der Waals surface area contributed by atoms with E-state index >= 15 is 0 Å². The van der Waals surface area contributed by atoms with Crippen molar-refractivity contribution in [3.8, 4) is 0 Å². The van der Waals surface area contributed by atoms with E-state index in [1.165, 1.54) is 0 Å². The van der Waals surface area contributed by atoms with Crippen molar-refractivity contribution in [1.82, 2.24) is 31.9 Å². The summed E-state index contributed by atoms with van der Waals surface area (Å²) in [6.45, 7) is 7.48. The molecule has 17 nitrogen and oxygen atoms in total. The van der Waals surface area contributed by atoms with E-state index in [2.05, 4.69) is 38.5 Å². The standard InChI is InChI=1S/C32H60N10O7/c1-17(12-19(34)7-5-11-38-25(44)13-20(35)6-3-9-33)37-10-4-8-21(36)14-26(45)42-28-23(49-18(2)30(46)31(28)47)15-24-40-27-22(43)16-39-32(48)29(27)41-24/h15,18-23,27-31,37,40-41,43,46-47H,1,3-14,16,33-36H2,2H3,(H,38,44)(H,39,48)(H,42,45). The van der Waals surface area contributed by atoms with Gasteiger partial charge < -0.3 is 74.9 Å². The molecular weight excluding hydrogens is 636 g/mol. The maximum atomic E-state index is 13.0. The summed E-state index contributed by atoms with van der Waals surface area (Å²) < 4.78 is 5.92. The highest BCUT2D eigenvalue weighted by atomic mass is 16.5. The first-order valence-electron chi connectivity index (χ1n) is 17.5. The first-order valence-corrected chi connectivity index (χ1v) is 17.5. The van der Waals surface area contributed by atoms with E-state index in [0.29, 0.717) is 44.7 Å². The minimum absolute atomic E-state index is 0.00678. The molecule has 3 saturated heterocycles. The Hall–Kier alpha value is -3.03. The van der Waals surface area contributed by atoms with Crippen LogP contribution in [0, 0.1) is 0 Å². The highest BCUT2D eigenvalue weighted by molar-refractivity contribution is 5.84. The monoisotopic (exact) mass is 696 g/mol. The van der Waals surface area contributed by atoms with Gasteiger partial charge in [-0.1, -0.05) is 6.58 Å². The topological polar surface area (TPSA) is 297 Å². The van der Waals surface area contributed by atoms with Crippen LogP contribution in [0.2, 0.25) is 0 Å². The number of nitrogens with one attached hydrogen (secondary N) is 6. The highest BCUT2D eigenvalue weighted by Gasteiger charge is 2.46. The number of carbonyl (C=O) groups is 3. The van der Waals surface area contributed by atoms with Gasteiger partial charge in [-0.15, -0.1) is 0 Å². The van der Waals surface area contributed by atoms with Gasteiger partial charge in [0.15, 0.2) is 0 Å². The summed E-state index contributed by atoms with van der Waals surface area (Å²) in [6.07, 6.45) is 1.76. The number of aliphatic hydroxyl groups excluding tert-OH is 3. The lowest BCUT2D eigenvalue weighted by Gasteiger charge is -2.41. The second-order valence-electron chi connectivity index (χ2n) is 13.6. The van der Waals surface area contributed by atoms with Crippen LogP contribution in [-0.4, -0.2) is 126 Å². The smallest absolute Gasteiger partial charge is 0.244 e. The van der Waals surface area contributed by atoms with E-state index in [1.807, 2.05) is 0 Å². The summed E-state index contributed by atoms with van der Waals surface area (Å²) in [4.78, 5) is 37.2. The van der Waals surface area contributed by atoms with Gasteiger partial charge in [0.25, 0.3) is 0 Å². The number of rotatable bonds is 20. The number of piperidine rings is 1. The molecule has 49 heavy (non-hydrogen) atoms. The van der Waals surface area contributed by atoms with Gasteiger partial charge in [-0.2, -0.15) is 0 Å². The first kappa shape index (κ1) is 40.4. The second kappa shape index (κ2) is 20.0. The second-order valence-corrected chi connectivity index (χ2v) is 13.6. The van der Waals surface area contributed by atoms with Gasteiger partial charge in [0.05, 0.1) is 30.1 Å². The summed E-state index contributed by atoms with van der Waals surface area (Å²) >= 11 is 0. The molecule has 0 saturated carbocycles. The van der Waals surface area contributed by atoms with Crippen LogP contribution in [0.15, 0.2) is 24.2 Å². The Morgan fingerprint density at radius 3 is 2.20 bits per heavy atom. The van der Waals surface area contributed by atoms with Crippen LogP contribution in [0.1, 0.15) is 64.7 Å². The molecule has 0 bridgehead atoms. The first-order chi connectivity index (χ1) is 23.3. The van der Waals surface area contributed by atoms with Crippen LogP contribution in [0.3, 0.4) is 0 Å². The Kier molecular flexibility index (Phi) is 16.5. The van der Waals surface area contributed by atoms with Crippen molar-refractivity contribution < 1.29 is 34.4 Å². The molecule has 0 spiro atoms. The minimum atomic E-state index is -1.32. The molecule has 0 aromatic rings. The third kappa shape index (κ3) is 13.0. The number of hydrogen-bond acceptors (Lipinski definition) is 14. The van der Waals surface area contributed by atoms with Gasteiger partial charge in [0.1, 0.15) is 24.4 Å². The van der Waals surface area contributed by atoms with Crippen LogP contribution < -0.4 is 54.8 Å². The van der Waals surface area contributed by atoms with Gasteiger partial charge in [0, 0.05) is 62.7 Å². The van der Waals surface area contributed by atoms with Crippen LogP contribution in [0.4, 0.5) is 0 Å². The molecule has 0 aliphatic carbocycles. The van der Waals surface area contributed by atoms with Gasteiger partial charge in [0.2, 0.25) is 17.7 Å². The van der Waals surface area contributed by atoms with Crippen LogP contribution in [0.5, 0.6) is 0 Å². The summed E-state index contributed by atoms with van der Waals surface area (Å²) in [5.41, 5.74) is 24.7. The molecule has 3 amide bonds. The molecule has 3 fully saturated rings. The fourth-order valence-electron chi connectivity index (χ4n) is 6.31. The van der Waals surface area contributed by atoms with Crippen molar-refractivity contribution in [3.05, 3.63) is 24.2 Å². The number of nitrogens with two attached hydrogens (primary N) is 4. The molecule has 280 valence electrons. The number of fused-ring (bicyclic) bond motifs is 1. The summed E-state index contributed by atoms with van der Waals surface area (Å²) in [6, 6.07) is -2.95. The van der Waals surface area contributed by atoms with Crippen molar-refractivity contribution in [2.75, 3.05) is 26.2 Å². The summed E-state index contributed by atoms with van der Waals surface area (Å²) in [5, 5.41) is 49.2. The predicted molar refractivity (Wildman–Crippen MR) is 184 cm³/mol. The molecule has 17 heteroatoms. The molecule has 3 aliphatic rings. The van der Waals surface area contributed by atoms with Gasteiger partial charge in [-0.3, -0.25) is 14.4 Å². The van der Waals surface area contributed by atoms with Crippen LogP contribution in [-0.2, 0) is 19.1 Å². The van der Waals surface area contributed by atoms with Crippen molar-refractivity contribution in [2.45, 2.75) is 131 Å². The van der Waals surface area contributed by atoms with Gasteiger partial charge >= 0.3 is 0 Å². The molecular formula is C32H60N10O7. The number of aliphatic hydroxyl groups is 3. The Bertz CT molecular complexity index is 1130. The Balaban J connectivity index is 1.34. The van der Waals surface area contributed by atoms with Crippen molar-refractivity contribution in [3.63, 3.8) is 0 Å². The van der Waals surface area contributed by atoms with E-state index < -0.39 is 60.6 Å². The lowest BCUT2D eigenvalue weighted by atomic mass is 9.92.